The molecule has 1 aromatic heterocycles. The van der Waals surface area contributed by atoms with Gasteiger partial charge < -0.3 is 10.0 Å². The summed E-state index contributed by atoms with van der Waals surface area (Å²) >= 11 is 6.13. The average molecular weight is 291 g/mol. The lowest BCUT2D eigenvalue weighted by atomic mass is 10.1. The number of hydrogen-bond donors (Lipinski definition) is 1. The van der Waals surface area contributed by atoms with Crippen LogP contribution in [0.15, 0.2) is 36.5 Å². The van der Waals surface area contributed by atoms with Crippen LogP contribution in [0.3, 0.4) is 0 Å². The monoisotopic (exact) mass is 290 g/mol. The van der Waals surface area contributed by atoms with Gasteiger partial charge in [0.05, 0.1) is 0 Å². The number of pyridine rings is 1. The molecule has 0 saturated heterocycles. The average Bonchev–Trinajstić information content (AvgIpc) is 2.40. The summed E-state index contributed by atoms with van der Waals surface area (Å²) in [5.41, 5.74) is 1.84. The minimum atomic E-state index is -0.975. The highest BCUT2D eigenvalue weighted by Gasteiger charge is 2.18. The fourth-order valence-corrected chi connectivity index (χ4v) is 2.25. The van der Waals surface area contributed by atoms with Gasteiger partial charge in [0.25, 0.3) is 0 Å². The van der Waals surface area contributed by atoms with Crippen LogP contribution in [-0.2, 0) is 6.54 Å². The van der Waals surface area contributed by atoms with Crippen molar-refractivity contribution in [2.45, 2.75) is 13.5 Å². The van der Waals surface area contributed by atoms with Crippen LogP contribution in [0.2, 0.25) is 5.02 Å². The van der Waals surface area contributed by atoms with Gasteiger partial charge in [0.2, 0.25) is 0 Å². The molecule has 20 heavy (non-hydrogen) atoms. The van der Waals surface area contributed by atoms with Gasteiger partial charge in [0.15, 0.2) is 0 Å². The highest BCUT2D eigenvalue weighted by molar-refractivity contribution is 6.31. The number of aromatic nitrogens is 1. The van der Waals surface area contributed by atoms with Crippen molar-refractivity contribution in [3.8, 4) is 0 Å². The summed E-state index contributed by atoms with van der Waals surface area (Å²) in [6.45, 7) is 2.26. The maximum Gasteiger partial charge on any atom is 0.339 e. The zero-order valence-corrected chi connectivity index (χ0v) is 12.1. The summed E-state index contributed by atoms with van der Waals surface area (Å²) in [7, 11) is 1.80. The van der Waals surface area contributed by atoms with Crippen molar-refractivity contribution >= 4 is 23.4 Å². The van der Waals surface area contributed by atoms with E-state index in [1.165, 1.54) is 0 Å². The molecule has 0 saturated carbocycles. The summed E-state index contributed by atoms with van der Waals surface area (Å²) in [5, 5.41) is 9.98. The molecule has 1 heterocycles. The van der Waals surface area contributed by atoms with E-state index in [0.717, 1.165) is 5.56 Å². The summed E-state index contributed by atoms with van der Waals surface area (Å²) in [6.07, 6.45) is 1.61. The number of carboxylic acids is 1. The third-order valence-electron chi connectivity index (χ3n) is 3.08. The van der Waals surface area contributed by atoms with Crippen molar-refractivity contribution in [3.63, 3.8) is 0 Å². The normalized spacial score (nSPS) is 10.3. The van der Waals surface area contributed by atoms with Crippen molar-refractivity contribution in [1.82, 2.24) is 4.98 Å². The Bertz CT molecular complexity index is 644. The van der Waals surface area contributed by atoms with Gasteiger partial charge in [-0.25, -0.2) is 9.78 Å². The first-order valence-electron chi connectivity index (χ1n) is 6.14. The van der Waals surface area contributed by atoms with E-state index < -0.39 is 5.97 Å². The van der Waals surface area contributed by atoms with Crippen molar-refractivity contribution in [2.75, 3.05) is 11.9 Å². The third kappa shape index (κ3) is 2.91. The maximum absolute atomic E-state index is 11.4. The topological polar surface area (TPSA) is 53.4 Å². The molecular formula is C15H15ClN2O2. The number of nitrogens with zero attached hydrogens (tertiary/aromatic N) is 2. The van der Waals surface area contributed by atoms with Crippen LogP contribution in [0, 0.1) is 6.92 Å². The second-order valence-corrected chi connectivity index (χ2v) is 4.99. The number of aromatic carboxylic acids is 1. The van der Waals surface area contributed by atoms with Crippen LogP contribution in [0.4, 0.5) is 5.82 Å². The molecule has 0 aliphatic heterocycles. The fourth-order valence-electron chi connectivity index (χ4n) is 2.05. The molecule has 5 heteroatoms. The van der Waals surface area contributed by atoms with Crippen LogP contribution in [0.5, 0.6) is 0 Å². The van der Waals surface area contributed by atoms with E-state index in [2.05, 4.69) is 4.98 Å². The van der Waals surface area contributed by atoms with Crippen molar-refractivity contribution in [3.05, 3.63) is 58.2 Å². The SMILES string of the molecule is Cc1ccnc(N(C)Cc2ccccc2Cl)c1C(=O)O. The van der Waals surface area contributed by atoms with E-state index in [-0.39, 0.29) is 5.56 Å². The first kappa shape index (κ1) is 14.3. The van der Waals surface area contributed by atoms with E-state index in [1.54, 1.807) is 31.1 Å². The summed E-state index contributed by atoms with van der Waals surface area (Å²) in [6, 6.07) is 9.17. The molecule has 1 N–H and O–H groups in total. The van der Waals surface area contributed by atoms with Crippen molar-refractivity contribution in [1.29, 1.82) is 0 Å². The van der Waals surface area contributed by atoms with Gasteiger partial charge in [-0.05, 0) is 30.2 Å². The Balaban J connectivity index is 2.35. The molecule has 0 fully saturated rings. The highest BCUT2D eigenvalue weighted by Crippen LogP contribution is 2.23. The minimum Gasteiger partial charge on any atom is -0.478 e. The van der Waals surface area contributed by atoms with E-state index in [4.69, 9.17) is 11.6 Å². The van der Waals surface area contributed by atoms with Gasteiger partial charge in [0.1, 0.15) is 11.4 Å². The predicted molar refractivity (Wildman–Crippen MR) is 79.5 cm³/mol. The van der Waals surface area contributed by atoms with Gasteiger partial charge in [-0.3, -0.25) is 0 Å². The molecule has 2 rings (SSSR count). The quantitative estimate of drug-likeness (QED) is 0.938. The Morgan fingerprint density at radius 3 is 2.70 bits per heavy atom. The Kier molecular flexibility index (Phi) is 4.25. The highest BCUT2D eigenvalue weighted by atomic mass is 35.5. The van der Waals surface area contributed by atoms with Crippen LogP contribution in [-0.4, -0.2) is 23.1 Å². The zero-order chi connectivity index (χ0) is 14.7. The molecule has 0 aliphatic rings. The van der Waals surface area contributed by atoms with Crippen LogP contribution in [0.25, 0.3) is 0 Å². The third-order valence-corrected chi connectivity index (χ3v) is 3.45. The number of rotatable bonds is 4. The number of aryl methyl sites for hydroxylation is 1. The fraction of sp³-hybridized carbons (Fsp3) is 0.200. The molecular weight excluding hydrogens is 276 g/mol. The standard InChI is InChI=1S/C15H15ClN2O2/c1-10-7-8-17-14(13(10)15(19)20)18(2)9-11-5-3-4-6-12(11)16/h3-8H,9H2,1-2H3,(H,19,20). The molecule has 1 aromatic carbocycles. The molecule has 104 valence electrons. The molecule has 0 unspecified atom stereocenters. The minimum absolute atomic E-state index is 0.224. The van der Waals surface area contributed by atoms with E-state index >= 15 is 0 Å². The van der Waals surface area contributed by atoms with Crippen LogP contribution in [0.1, 0.15) is 21.5 Å². The van der Waals surface area contributed by atoms with Gasteiger partial charge >= 0.3 is 5.97 Å². The van der Waals surface area contributed by atoms with Crippen molar-refractivity contribution < 1.29 is 9.90 Å². The molecule has 0 aliphatic carbocycles. The van der Waals surface area contributed by atoms with Crippen molar-refractivity contribution in [2.24, 2.45) is 0 Å². The number of anilines is 1. The zero-order valence-electron chi connectivity index (χ0n) is 11.3. The molecule has 2 aromatic rings. The predicted octanol–water partition coefficient (Wildman–Crippen LogP) is 3.38. The number of carboxylic acid groups (broad SMARTS) is 1. The molecule has 0 radical (unpaired) electrons. The van der Waals surface area contributed by atoms with Gasteiger partial charge in [-0.15, -0.1) is 0 Å². The Labute approximate surface area is 122 Å². The summed E-state index contributed by atoms with van der Waals surface area (Å²) in [5.74, 6) is -0.533. The van der Waals surface area contributed by atoms with Gasteiger partial charge in [0, 0.05) is 24.8 Å². The van der Waals surface area contributed by atoms with Gasteiger partial charge in [-0.1, -0.05) is 29.8 Å². The molecule has 0 bridgehead atoms. The first-order valence-corrected chi connectivity index (χ1v) is 6.52. The lowest BCUT2D eigenvalue weighted by molar-refractivity contribution is 0.0696. The lowest BCUT2D eigenvalue weighted by Crippen LogP contribution is -2.21. The summed E-state index contributed by atoms with van der Waals surface area (Å²) < 4.78 is 0. The number of benzene rings is 1. The maximum atomic E-state index is 11.4. The van der Waals surface area contributed by atoms with E-state index in [1.807, 2.05) is 24.3 Å². The van der Waals surface area contributed by atoms with Gasteiger partial charge in [-0.2, -0.15) is 0 Å². The second-order valence-electron chi connectivity index (χ2n) is 4.58. The van der Waals surface area contributed by atoms with E-state index in [9.17, 15) is 9.90 Å². The molecule has 0 atom stereocenters. The number of carbonyl (C=O) groups is 1. The lowest BCUT2D eigenvalue weighted by Gasteiger charge is -2.21. The molecule has 0 spiro atoms. The summed E-state index contributed by atoms with van der Waals surface area (Å²) in [4.78, 5) is 17.4. The second kappa shape index (κ2) is 5.92. The number of hydrogen-bond acceptors (Lipinski definition) is 3. The molecule has 0 amide bonds. The smallest absolute Gasteiger partial charge is 0.339 e. The molecule has 4 nitrogen and oxygen atoms in total. The Morgan fingerprint density at radius 1 is 1.35 bits per heavy atom. The Morgan fingerprint density at radius 2 is 2.05 bits per heavy atom. The van der Waals surface area contributed by atoms with E-state index in [0.29, 0.717) is 22.9 Å². The first-order chi connectivity index (χ1) is 9.50. The van der Waals surface area contributed by atoms with Crippen LogP contribution < -0.4 is 4.90 Å². The largest absolute Gasteiger partial charge is 0.478 e. The number of halogens is 1. The van der Waals surface area contributed by atoms with Crippen LogP contribution >= 0.6 is 11.6 Å². The Hall–Kier alpha value is -2.07.